The molecule has 1 aromatic carbocycles. The molecule has 1 aromatic heterocycles. The van der Waals surface area contributed by atoms with Gasteiger partial charge in [0, 0.05) is 16.6 Å². The highest BCUT2D eigenvalue weighted by Gasteiger charge is 2.12. The van der Waals surface area contributed by atoms with Gasteiger partial charge in [-0.25, -0.2) is 9.67 Å². The van der Waals surface area contributed by atoms with Crippen LogP contribution >= 0.6 is 15.9 Å². The fourth-order valence-electron chi connectivity index (χ4n) is 1.69. The summed E-state index contributed by atoms with van der Waals surface area (Å²) in [5.74, 6) is 0.166. The Bertz CT molecular complexity index is 648. The molecule has 0 aliphatic rings. The summed E-state index contributed by atoms with van der Waals surface area (Å²) >= 11 is 3.46. The average Bonchev–Trinajstić information content (AvgIpc) is 2.84. The Balaban J connectivity index is 2.35. The zero-order chi connectivity index (χ0) is 14.8. The molecule has 0 amide bonds. The van der Waals surface area contributed by atoms with Gasteiger partial charge in [-0.2, -0.15) is 5.26 Å². The van der Waals surface area contributed by atoms with Gasteiger partial charge in [0.1, 0.15) is 12.4 Å². The first kappa shape index (κ1) is 14.7. The normalized spacial score (nSPS) is 11.3. The molecule has 0 saturated heterocycles. The van der Waals surface area contributed by atoms with E-state index in [4.69, 9.17) is 5.26 Å². The minimum absolute atomic E-state index is 0.0323. The van der Waals surface area contributed by atoms with Gasteiger partial charge < -0.3 is 5.32 Å². The second-order valence-corrected chi connectivity index (χ2v) is 6.42. The van der Waals surface area contributed by atoms with E-state index in [0.717, 1.165) is 15.7 Å². The number of rotatable bonds is 3. The highest BCUT2D eigenvalue weighted by molar-refractivity contribution is 9.10. The Labute approximate surface area is 126 Å². The van der Waals surface area contributed by atoms with Gasteiger partial charge >= 0.3 is 0 Å². The third-order valence-electron chi connectivity index (χ3n) is 2.70. The van der Waals surface area contributed by atoms with Crippen LogP contribution in [0.3, 0.4) is 0 Å². The van der Waals surface area contributed by atoms with Crippen molar-refractivity contribution in [2.24, 2.45) is 0 Å². The molecule has 0 radical (unpaired) electrons. The lowest BCUT2D eigenvalue weighted by molar-refractivity contribution is 0.424. The highest BCUT2D eigenvalue weighted by atomic mass is 79.9. The van der Waals surface area contributed by atoms with Crippen molar-refractivity contribution in [1.29, 1.82) is 5.26 Å². The first-order chi connectivity index (χ1) is 9.39. The second kappa shape index (κ2) is 5.73. The van der Waals surface area contributed by atoms with Crippen LogP contribution in [0.4, 0.5) is 0 Å². The van der Waals surface area contributed by atoms with Crippen molar-refractivity contribution in [2.45, 2.75) is 32.9 Å². The van der Waals surface area contributed by atoms with E-state index in [0.29, 0.717) is 6.54 Å². The molecule has 0 unspecified atom stereocenters. The number of hydrogen-bond donors (Lipinski definition) is 1. The number of halogens is 1. The number of benzene rings is 1. The number of aromatic nitrogens is 3. The van der Waals surface area contributed by atoms with Gasteiger partial charge in [-0.05, 0) is 38.5 Å². The molecule has 1 heterocycles. The number of nitrogens with one attached hydrogen (secondary N) is 1. The van der Waals surface area contributed by atoms with E-state index in [1.165, 1.54) is 0 Å². The van der Waals surface area contributed by atoms with Gasteiger partial charge in [0.15, 0.2) is 0 Å². The predicted octanol–water partition coefficient (Wildman–Crippen LogP) is 2.79. The highest BCUT2D eigenvalue weighted by Crippen LogP contribution is 2.20. The van der Waals surface area contributed by atoms with Gasteiger partial charge in [-0.15, -0.1) is 5.10 Å². The average molecular weight is 334 g/mol. The maximum atomic E-state index is 8.82. The topological polar surface area (TPSA) is 66.5 Å². The molecular weight excluding hydrogens is 318 g/mol. The molecule has 2 rings (SSSR count). The summed E-state index contributed by atoms with van der Waals surface area (Å²) in [5, 5.41) is 16.4. The Kier molecular flexibility index (Phi) is 4.21. The first-order valence-electron chi connectivity index (χ1n) is 6.24. The van der Waals surface area contributed by atoms with E-state index in [2.05, 4.69) is 52.1 Å². The van der Waals surface area contributed by atoms with E-state index in [1.807, 2.05) is 24.3 Å². The molecule has 104 valence electrons. The monoisotopic (exact) mass is 333 g/mol. The molecule has 0 saturated carbocycles. The Morgan fingerprint density at radius 3 is 2.75 bits per heavy atom. The predicted molar refractivity (Wildman–Crippen MR) is 80.4 cm³/mol. The molecule has 5 nitrogen and oxygen atoms in total. The lowest BCUT2D eigenvalue weighted by atomic mass is 10.1. The van der Waals surface area contributed by atoms with Crippen LogP contribution in [-0.4, -0.2) is 20.3 Å². The molecule has 0 fully saturated rings. The van der Waals surface area contributed by atoms with E-state index in [9.17, 15) is 0 Å². The Hall–Kier alpha value is -1.71. The van der Waals surface area contributed by atoms with Gasteiger partial charge in [0.05, 0.1) is 5.69 Å². The van der Waals surface area contributed by atoms with Gasteiger partial charge in [0.25, 0.3) is 5.82 Å². The van der Waals surface area contributed by atoms with E-state index < -0.39 is 0 Å². The SMILES string of the molecule is CC(C)(C)NCc1ccc(Br)cc1-n1cnc(C#N)n1. The van der Waals surface area contributed by atoms with Crippen molar-refractivity contribution < 1.29 is 0 Å². The van der Waals surface area contributed by atoms with Crippen LogP contribution in [-0.2, 0) is 6.54 Å². The fourth-order valence-corrected chi connectivity index (χ4v) is 2.04. The zero-order valence-corrected chi connectivity index (χ0v) is 13.3. The number of hydrogen-bond acceptors (Lipinski definition) is 4. The van der Waals surface area contributed by atoms with Crippen molar-refractivity contribution in [3.05, 3.63) is 40.4 Å². The number of nitriles is 1. The standard InChI is InChI=1S/C14H16BrN5/c1-14(2,3)18-8-10-4-5-11(15)6-12(10)20-9-17-13(7-16)19-20/h4-6,9,18H,8H2,1-3H3. The summed E-state index contributed by atoms with van der Waals surface area (Å²) in [5.41, 5.74) is 2.03. The van der Waals surface area contributed by atoms with Gasteiger partial charge in [-0.1, -0.05) is 22.0 Å². The van der Waals surface area contributed by atoms with Gasteiger partial charge in [0.2, 0.25) is 0 Å². The summed E-state index contributed by atoms with van der Waals surface area (Å²) in [7, 11) is 0. The summed E-state index contributed by atoms with van der Waals surface area (Å²) in [6.07, 6.45) is 1.56. The van der Waals surface area contributed by atoms with Crippen LogP contribution in [0, 0.1) is 11.3 Å². The van der Waals surface area contributed by atoms with Crippen LogP contribution < -0.4 is 5.32 Å². The second-order valence-electron chi connectivity index (χ2n) is 5.50. The molecule has 0 aliphatic heterocycles. The minimum Gasteiger partial charge on any atom is -0.308 e. The van der Waals surface area contributed by atoms with E-state index >= 15 is 0 Å². The maximum absolute atomic E-state index is 8.82. The molecule has 0 spiro atoms. The van der Waals surface area contributed by atoms with Crippen molar-refractivity contribution in [3.8, 4) is 11.8 Å². The molecule has 0 bridgehead atoms. The zero-order valence-electron chi connectivity index (χ0n) is 11.7. The fraction of sp³-hybridized carbons (Fsp3) is 0.357. The summed E-state index contributed by atoms with van der Waals surface area (Å²) in [4.78, 5) is 3.95. The molecule has 2 aromatic rings. The van der Waals surface area contributed by atoms with Crippen molar-refractivity contribution in [2.75, 3.05) is 0 Å². The van der Waals surface area contributed by atoms with Crippen LogP contribution in [0.15, 0.2) is 29.0 Å². The van der Waals surface area contributed by atoms with E-state index in [1.54, 1.807) is 11.0 Å². The van der Waals surface area contributed by atoms with Crippen molar-refractivity contribution >= 4 is 15.9 Å². The lowest BCUT2D eigenvalue weighted by Crippen LogP contribution is -2.35. The van der Waals surface area contributed by atoms with Crippen LogP contribution in [0.25, 0.3) is 5.69 Å². The maximum Gasteiger partial charge on any atom is 0.252 e. The lowest BCUT2D eigenvalue weighted by Gasteiger charge is -2.21. The minimum atomic E-state index is 0.0323. The van der Waals surface area contributed by atoms with Crippen molar-refractivity contribution in [1.82, 2.24) is 20.1 Å². The van der Waals surface area contributed by atoms with Crippen LogP contribution in [0.1, 0.15) is 32.2 Å². The van der Waals surface area contributed by atoms with Gasteiger partial charge in [-0.3, -0.25) is 0 Å². The van der Waals surface area contributed by atoms with Crippen molar-refractivity contribution in [3.63, 3.8) is 0 Å². The molecule has 6 heteroatoms. The molecule has 0 atom stereocenters. The molecule has 20 heavy (non-hydrogen) atoms. The third-order valence-corrected chi connectivity index (χ3v) is 3.19. The Morgan fingerprint density at radius 2 is 2.15 bits per heavy atom. The quantitative estimate of drug-likeness (QED) is 0.937. The summed E-state index contributed by atoms with van der Waals surface area (Å²) in [6, 6.07) is 7.93. The molecule has 1 N–H and O–H groups in total. The Morgan fingerprint density at radius 1 is 1.40 bits per heavy atom. The smallest absolute Gasteiger partial charge is 0.252 e. The van der Waals surface area contributed by atoms with Crippen LogP contribution in [0.5, 0.6) is 0 Å². The first-order valence-corrected chi connectivity index (χ1v) is 7.04. The summed E-state index contributed by atoms with van der Waals surface area (Å²) in [6.45, 7) is 7.08. The largest absolute Gasteiger partial charge is 0.308 e. The molecule has 0 aliphatic carbocycles. The third kappa shape index (κ3) is 3.65. The van der Waals surface area contributed by atoms with E-state index in [-0.39, 0.29) is 11.4 Å². The number of nitrogens with zero attached hydrogens (tertiary/aromatic N) is 4. The summed E-state index contributed by atoms with van der Waals surface area (Å²) < 4.78 is 2.59. The van der Waals surface area contributed by atoms with Crippen LogP contribution in [0.2, 0.25) is 0 Å². The molecular formula is C14H16BrN5.